The summed E-state index contributed by atoms with van der Waals surface area (Å²) in [5.74, 6) is 3.76. The third kappa shape index (κ3) is 2.33. The molecule has 4 aliphatic carbocycles. The van der Waals surface area contributed by atoms with Crippen LogP contribution in [-0.4, -0.2) is 6.54 Å². The lowest BCUT2D eigenvalue weighted by Gasteiger charge is -2.62. The molecule has 0 heterocycles. The highest BCUT2D eigenvalue weighted by Gasteiger charge is 2.56. The monoisotopic (exact) mass is 305 g/mol. The van der Waals surface area contributed by atoms with Gasteiger partial charge in [0.1, 0.15) is 0 Å². The summed E-state index contributed by atoms with van der Waals surface area (Å²) in [4.78, 5) is 0. The van der Waals surface area contributed by atoms with E-state index in [0.29, 0.717) is 5.41 Å². The standard InChI is InChI=1S/C19H27N.ClH/c1-13-4-2-3-5-17(13)18-16-9-14-8-15(10-16)12-19(18,11-14)6-7-20;/h2-5,14-16,18H,6-12,20H2,1H3;1H. The van der Waals surface area contributed by atoms with Gasteiger partial charge in [-0.25, -0.2) is 0 Å². The highest BCUT2D eigenvalue weighted by molar-refractivity contribution is 5.85. The van der Waals surface area contributed by atoms with Crippen LogP contribution in [0.15, 0.2) is 24.3 Å². The van der Waals surface area contributed by atoms with Crippen LogP contribution in [0.5, 0.6) is 0 Å². The second-order valence-corrected chi connectivity index (χ2v) is 7.84. The topological polar surface area (TPSA) is 26.0 Å². The lowest BCUT2D eigenvalue weighted by Crippen LogP contribution is -2.52. The summed E-state index contributed by atoms with van der Waals surface area (Å²) in [6, 6.07) is 9.13. The minimum Gasteiger partial charge on any atom is -0.330 e. The maximum atomic E-state index is 6.03. The van der Waals surface area contributed by atoms with E-state index in [1.807, 2.05) is 0 Å². The second kappa shape index (κ2) is 5.59. The number of benzene rings is 1. The van der Waals surface area contributed by atoms with E-state index in [9.17, 15) is 0 Å². The summed E-state index contributed by atoms with van der Waals surface area (Å²) in [7, 11) is 0. The Labute approximate surface area is 135 Å². The van der Waals surface area contributed by atoms with Gasteiger partial charge >= 0.3 is 0 Å². The van der Waals surface area contributed by atoms with Crippen molar-refractivity contribution in [2.45, 2.75) is 51.4 Å². The van der Waals surface area contributed by atoms with Crippen LogP contribution >= 0.6 is 12.4 Å². The van der Waals surface area contributed by atoms with Gasteiger partial charge in [0.15, 0.2) is 0 Å². The second-order valence-electron chi connectivity index (χ2n) is 7.84. The normalized spacial score (nSPS) is 40.1. The molecule has 3 unspecified atom stereocenters. The van der Waals surface area contributed by atoms with Gasteiger partial charge in [0.25, 0.3) is 0 Å². The van der Waals surface area contributed by atoms with E-state index < -0.39 is 0 Å². The molecule has 2 heteroatoms. The molecule has 3 atom stereocenters. The Morgan fingerprint density at radius 2 is 1.76 bits per heavy atom. The lowest BCUT2D eigenvalue weighted by molar-refractivity contribution is -0.0788. The van der Waals surface area contributed by atoms with Gasteiger partial charge in [-0.05, 0) is 92.2 Å². The Kier molecular flexibility index (Phi) is 4.09. The molecule has 0 saturated heterocycles. The summed E-state index contributed by atoms with van der Waals surface area (Å²) in [5, 5.41) is 0. The zero-order valence-corrected chi connectivity index (χ0v) is 13.9. The predicted molar refractivity (Wildman–Crippen MR) is 90.8 cm³/mol. The van der Waals surface area contributed by atoms with Crippen molar-refractivity contribution in [3.8, 4) is 0 Å². The SMILES string of the molecule is Cc1ccccc1C1C2CC3CC(C2)CC1(CCN)C3.Cl. The first-order valence-corrected chi connectivity index (χ1v) is 8.47. The minimum absolute atomic E-state index is 0. The molecule has 0 aromatic heterocycles. The van der Waals surface area contributed by atoms with E-state index in [4.69, 9.17) is 5.73 Å². The number of aryl methyl sites for hydroxylation is 1. The first kappa shape index (κ1) is 15.4. The fourth-order valence-corrected chi connectivity index (χ4v) is 6.38. The molecule has 1 aromatic rings. The van der Waals surface area contributed by atoms with E-state index >= 15 is 0 Å². The predicted octanol–water partition coefficient (Wildman–Crippen LogP) is 4.68. The van der Waals surface area contributed by atoms with Crippen LogP contribution in [0.3, 0.4) is 0 Å². The average molecular weight is 306 g/mol. The van der Waals surface area contributed by atoms with E-state index in [0.717, 1.165) is 30.2 Å². The fourth-order valence-electron chi connectivity index (χ4n) is 6.38. The number of hydrogen-bond donors (Lipinski definition) is 1. The van der Waals surface area contributed by atoms with Gasteiger partial charge in [0, 0.05) is 0 Å². The number of rotatable bonds is 3. The van der Waals surface area contributed by atoms with Gasteiger partial charge < -0.3 is 5.73 Å². The quantitative estimate of drug-likeness (QED) is 0.862. The zero-order chi connectivity index (χ0) is 13.7. The van der Waals surface area contributed by atoms with Gasteiger partial charge in [-0.1, -0.05) is 24.3 Å². The Bertz CT molecular complexity index is 498. The molecule has 4 aliphatic rings. The smallest absolute Gasteiger partial charge is 0.00718 e. The van der Waals surface area contributed by atoms with Gasteiger partial charge in [0.05, 0.1) is 0 Å². The van der Waals surface area contributed by atoms with Crippen molar-refractivity contribution in [3.63, 3.8) is 0 Å². The van der Waals surface area contributed by atoms with Crippen LogP contribution in [0.4, 0.5) is 0 Å². The molecule has 0 amide bonds. The minimum atomic E-state index is 0. The van der Waals surface area contributed by atoms with Crippen molar-refractivity contribution >= 4 is 12.4 Å². The first-order valence-electron chi connectivity index (χ1n) is 8.47. The maximum Gasteiger partial charge on any atom is -0.00718 e. The summed E-state index contributed by atoms with van der Waals surface area (Å²) in [6.07, 6.45) is 8.65. The van der Waals surface area contributed by atoms with Crippen molar-refractivity contribution in [3.05, 3.63) is 35.4 Å². The highest BCUT2D eigenvalue weighted by atomic mass is 35.5. The number of halogens is 1. The van der Waals surface area contributed by atoms with Crippen molar-refractivity contribution in [1.29, 1.82) is 0 Å². The third-order valence-corrected chi connectivity index (χ3v) is 6.63. The molecule has 4 bridgehead atoms. The fraction of sp³-hybridized carbons (Fsp3) is 0.684. The Morgan fingerprint density at radius 3 is 2.38 bits per heavy atom. The zero-order valence-electron chi connectivity index (χ0n) is 13.1. The summed E-state index contributed by atoms with van der Waals surface area (Å²) >= 11 is 0. The van der Waals surface area contributed by atoms with E-state index in [1.54, 1.807) is 5.56 Å². The highest BCUT2D eigenvalue weighted by Crippen LogP contribution is 2.67. The molecule has 0 radical (unpaired) electrons. The van der Waals surface area contributed by atoms with Gasteiger partial charge in [-0.3, -0.25) is 0 Å². The van der Waals surface area contributed by atoms with Crippen molar-refractivity contribution in [1.82, 2.24) is 0 Å². The lowest BCUT2D eigenvalue weighted by atomic mass is 9.43. The first-order chi connectivity index (χ1) is 9.72. The largest absolute Gasteiger partial charge is 0.330 e. The molecule has 116 valence electrons. The number of nitrogens with two attached hydrogens (primary N) is 1. The molecule has 21 heavy (non-hydrogen) atoms. The molecule has 0 spiro atoms. The van der Waals surface area contributed by atoms with Crippen LogP contribution in [0.25, 0.3) is 0 Å². The molecule has 4 saturated carbocycles. The summed E-state index contributed by atoms with van der Waals surface area (Å²) in [5.41, 5.74) is 9.71. The van der Waals surface area contributed by atoms with Crippen LogP contribution in [0, 0.1) is 30.1 Å². The number of hydrogen-bond acceptors (Lipinski definition) is 1. The van der Waals surface area contributed by atoms with Crippen molar-refractivity contribution in [2.24, 2.45) is 28.9 Å². The van der Waals surface area contributed by atoms with Crippen LogP contribution in [-0.2, 0) is 0 Å². The molecule has 1 aromatic carbocycles. The third-order valence-electron chi connectivity index (χ3n) is 6.63. The van der Waals surface area contributed by atoms with Gasteiger partial charge in [-0.15, -0.1) is 12.4 Å². The van der Waals surface area contributed by atoms with Gasteiger partial charge in [0.2, 0.25) is 0 Å². The Hall–Kier alpha value is -0.530. The molecular formula is C19H28ClN. The maximum absolute atomic E-state index is 6.03. The van der Waals surface area contributed by atoms with Gasteiger partial charge in [-0.2, -0.15) is 0 Å². The molecular weight excluding hydrogens is 278 g/mol. The van der Waals surface area contributed by atoms with Crippen molar-refractivity contribution < 1.29 is 0 Å². The van der Waals surface area contributed by atoms with Crippen LogP contribution < -0.4 is 5.73 Å². The molecule has 4 fully saturated rings. The van der Waals surface area contributed by atoms with E-state index in [-0.39, 0.29) is 12.4 Å². The van der Waals surface area contributed by atoms with Crippen LogP contribution in [0.2, 0.25) is 0 Å². The molecule has 0 aliphatic heterocycles. The van der Waals surface area contributed by atoms with E-state index in [1.165, 1.54) is 44.1 Å². The average Bonchev–Trinajstić information content (AvgIpc) is 2.39. The van der Waals surface area contributed by atoms with Crippen molar-refractivity contribution in [2.75, 3.05) is 6.54 Å². The molecule has 2 N–H and O–H groups in total. The van der Waals surface area contributed by atoms with E-state index in [2.05, 4.69) is 31.2 Å². The Balaban J connectivity index is 0.00000132. The molecule has 1 nitrogen and oxygen atoms in total. The van der Waals surface area contributed by atoms with Crippen LogP contribution in [0.1, 0.15) is 55.6 Å². The molecule has 5 rings (SSSR count). The summed E-state index contributed by atoms with van der Waals surface area (Å²) in [6.45, 7) is 3.17. The summed E-state index contributed by atoms with van der Waals surface area (Å²) < 4.78 is 0. The Morgan fingerprint density at radius 1 is 1.10 bits per heavy atom.